The van der Waals surface area contributed by atoms with Crippen LogP contribution in [0.15, 0.2) is 6.07 Å². The number of thiophene rings is 1. The molecular formula is C13H20Cl2N2OS. The van der Waals surface area contributed by atoms with Crippen molar-refractivity contribution in [2.24, 2.45) is 5.92 Å². The van der Waals surface area contributed by atoms with E-state index in [0.29, 0.717) is 32.7 Å². The lowest BCUT2D eigenvalue weighted by Gasteiger charge is -2.17. The first-order chi connectivity index (χ1) is 8.91. The number of hydrogen-bond donors (Lipinski definition) is 2. The van der Waals surface area contributed by atoms with Crippen LogP contribution in [0, 0.1) is 5.92 Å². The molecule has 1 heterocycles. The van der Waals surface area contributed by atoms with Crippen LogP contribution in [0.2, 0.25) is 9.36 Å². The fraction of sp³-hybridized carbons (Fsp3) is 0.615. The smallest absolute Gasteiger partial charge is 0.261 e. The summed E-state index contributed by atoms with van der Waals surface area (Å²) in [6.07, 6.45) is 0.898. The molecule has 19 heavy (non-hydrogen) atoms. The van der Waals surface area contributed by atoms with Crippen molar-refractivity contribution in [3.63, 3.8) is 0 Å². The van der Waals surface area contributed by atoms with Crippen LogP contribution in [-0.4, -0.2) is 25.0 Å². The number of carbonyl (C=O) groups excluding carboxylic acids is 1. The van der Waals surface area contributed by atoms with Crippen molar-refractivity contribution in [3.8, 4) is 0 Å². The number of amides is 1. The fourth-order valence-electron chi connectivity index (χ4n) is 1.40. The molecule has 0 saturated carbocycles. The molecule has 6 heteroatoms. The van der Waals surface area contributed by atoms with Gasteiger partial charge < -0.3 is 10.6 Å². The van der Waals surface area contributed by atoms with Crippen molar-refractivity contribution in [3.05, 3.63) is 20.3 Å². The predicted molar refractivity (Wildman–Crippen MR) is 83.6 cm³/mol. The van der Waals surface area contributed by atoms with Crippen molar-refractivity contribution >= 4 is 40.4 Å². The topological polar surface area (TPSA) is 41.1 Å². The standard InChI is InChI=1S/C13H20Cl2N2OS/c1-8(2)9(3)16-5-4-6-17-13(18)11-7-10(14)12(15)19-11/h7-9,16H,4-6H2,1-3H3,(H,17,18). The molecule has 0 aromatic carbocycles. The first kappa shape index (κ1) is 16.8. The molecular weight excluding hydrogens is 303 g/mol. The lowest BCUT2D eigenvalue weighted by Crippen LogP contribution is -2.33. The molecule has 3 nitrogen and oxygen atoms in total. The number of carbonyl (C=O) groups is 1. The van der Waals surface area contributed by atoms with Crippen molar-refractivity contribution in [2.75, 3.05) is 13.1 Å². The van der Waals surface area contributed by atoms with Crippen molar-refractivity contribution in [1.29, 1.82) is 0 Å². The molecule has 108 valence electrons. The minimum atomic E-state index is -0.115. The van der Waals surface area contributed by atoms with Gasteiger partial charge in [-0.25, -0.2) is 0 Å². The normalized spacial score (nSPS) is 12.7. The van der Waals surface area contributed by atoms with Gasteiger partial charge in [-0.05, 0) is 31.9 Å². The van der Waals surface area contributed by atoms with E-state index in [4.69, 9.17) is 23.2 Å². The lowest BCUT2D eigenvalue weighted by atomic mass is 10.1. The Morgan fingerprint density at radius 1 is 1.32 bits per heavy atom. The van der Waals surface area contributed by atoms with Crippen LogP contribution in [0.3, 0.4) is 0 Å². The molecule has 0 bridgehead atoms. The SMILES string of the molecule is CC(C)C(C)NCCCNC(=O)c1cc(Cl)c(Cl)s1. The first-order valence-electron chi connectivity index (χ1n) is 6.38. The average Bonchev–Trinajstić information content (AvgIpc) is 2.68. The first-order valence-corrected chi connectivity index (χ1v) is 7.95. The van der Waals surface area contributed by atoms with Gasteiger partial charge in [0.15, 0.2) is 0 Å². The second-order valence-electron chi connectivity index (χ2n) is 4.83. The number of rotatable bonds is 7. The molecule has 0 fully saturated rings. The van der Waals surface area contributed by atoms with Gasteiger partial charge >= 0.3 is 0 Å². The third-order valence-electron chi connectivity index (χ3n) is 2.97. The zero-order chi connectivity index (χ0) is 14.4. The van der Waals surface area contributed by atoms with E-state index in [0.717, 1.165) is 13.0 Å². The Morgan fingerprint density at radius 2 is 2.00 bits per heavy atom. The quantitative estimate of drug-likeness (QED) is 0.749. The van der Waals surface area contributed by atoms with Crippen LogP contribution in [-0.2, 0) is 0 Å². The van der Waals surface area contributed by atoms with Gasteiger partial charge in [0.2, 0.25) is 0 Å². The lowest BCUT2D eigenvalue weighted by molar-refractivity contribution is 0.0957. The van der Waals surface area contributed by atoms with E-state index in [9.17, 15) is 4.79 Å². The Hall–Kier alpha value is -0.290. The van der Waals surface area contributed by atoms with Gasteiger partial charge in [0.25, 0.3) is 5.91 Å². The summed E-state index contributed by atoms with van der Waals surface area (Å²) in [5, 5.41) is 6.71. The molecule has 2 N–H and O–H groups in total. The third kappa shape index (κ3) is 5.69. The van der Waals surface area contributed by atoms with Crippen molar-refractivity contribution < 1.29 is 4.79 Å². The second-order valence-corrected chi connectivity index (χ2v) is 6.89. The van der Waals surface area contributed by atoms with E-state index in [1.807, 2.05) is 0 Å². The molecule has 0 aliphatic heterocycles. The molecule has 0 aliphatic rings. The summed E-state index contributed by atoms with van der Waals surface area (Å²) < 4.78 is 0.458. The highest BCUT2D eigenvalue weighted by atomic mass is 35.5. The van der Waals surface area contributed by atoms with Crippen molar-refractivity contribution in [2.45, 2.75) is 33.2 Å². The maximum atomic E-state index is 11.8. The van der Waals surface area contributed by atoms with Gasteiger partial charge in [0.1, 0.15) is 4.34 Å². The molecule has 1 rings (SSSR count). The molecule has 0 aliphatic carbocycles. The Balaban J connectivity index is 2.21. The summed E-state index contributed by atoms with van der Waals surface area (Å²) in [6, 6.07) is 2.09. The summed E-state index contributed by atoms with van der Waals surface area (Å²) in [5.41, 5.74) is 0. The van der Waals surface area contributed by atoms with Crippen LogP contribution in [0.25, 0.3) is 0 Å². The zero-order valence-electron chi connectivity index (χ0n) is 11.4. The monoisotopic (exact) mass is 322 g/mol. The van der Waals surface area contributed by atoms with E-state index in [-0.39, 0.29) is 5.91 Å². The van der Waals surface area contributed by atoms with E-state index in [2.05, 4.69) is 31.4 Å². The predicted octanol–water partition coefficient (Wildman–Crippen LogP) is 3.81. The number of nitrogens with one attached hydrogen (secondary N) is 2. The van der Waals surface area contributed by atoms with Gasteiger partial charge in [0.05, 0.1) is 9.90 Å². The second kappa shape index (κ2) is 8.10. The molecule has 1 aromatic rings. The number of halogens is 2. The van der Waals surface area contributed by atoms with Gasteiger partial charge in [-0.2, -0.15) is 0 Å². The summed E-state index contributed by atoms with van der Waals surface area (Å²) in [5.74, 6) is 0.501. The van der Waals surface area contributed by atoms with Crippen LogP contribution in [0.1, 0.15) is 36.9 Å². The summed E-state index contributed by atoms with van der Waals surface area (Å²) in [6.45, 7) is 8.07. The maximum absolute atomic E-state index is 11.8. The highest BCUT2D eigenvalue weighted by Gasteiger charge is 2.11. The van der Waals surface area contributed by atoms with Crippen LogP contribution < -0.4 is 10.6 Å². The minimum Gasteiger partial charge on any atom is -0.351 e. The van der Waals surface area contributed by atoms with Gasteiger partial charge in [-0.15, -0.1) is 11.3 Å². The molecule has 0 spiro atoms. The molecule has 1 atom stereocenters. The van der Waals surface area contributed by atoms with Gasteiger partial charge in [-0.3, -0.25) is 4.79 Å². The molecule has 0 radical (unpaired) electrons. The Kier molecular flexibility index (Phi) is 7.15. The Bertz CT molecular complexity index is 401. The zero-order valence-corrected chi connectivity index (χ0v) is 13.8. The summed E-state index contributed by atoms with van der Waals surface area (Å²) in [4.78, 5) is 12.3. The van der Waals surface area contributed by atoms with E-state index < -0.39 is 0 Å². The van der Waals surface area contributed by atoms with Gasteiger partial charge in [0, 0.05) is 12.6 Å². The largest absolute Gasteiger partial charge is 0.351 e. The minimum absolute atomic E-state index is 0.115. The highest BCUT2D eigenvalue weighted by Crippen LogP contribution is 2.31. The Labute approximate surface area is 128 Å². The maximum Gasteiger partial charge on any atom is 0.261 e. The molecule has 1 amide bonds. The molecule has 1 aromatic heterocycles. The highest BCUT2D eigenvalue weighted by molar-refractivity contribution is 7.18. The molecule has 1 unspecified atom stereocenters. The van der Waals surface area contributed by atoms with Gasteiger partial charge in [-0.1, -0.05) is 37.0 Å². The summed E-state index contributed by atoms with van der Waals surface area (Å²) in [7, 11) is 0. The van der Waals surface area contributed by atoms with Crippen molar-refractivity contribution in [1.82, 2.24) is 10.6 Å². The summed E-state index contributed by atoms with van der Waals surface area (Å²) >= 11 is 12.8. The van der Waals surface area contributed by atoms with Crippen LogP contribution in [0.5, 0.6) is 0 Å². The molecule has 0 saturated heterocycles. The number of hydrogen-bond acceptors (Lipinski definition) is 3. The van der Waals surface area contributed by atoms with Crippen LogP contribution in [0.4, 0.5) is 0 Å². The average molecular weight is 323 g/mol. The van der Waals surface area contributed by atoms with Crippen LogP contribution >= 0.6 is 34.5 Å². The van der Waals surface area contributed by atoms with E-state index in [1.54, 1.807) is 6.07 Å². The third-order valence-corrected chi connectivity index (χ3v) is 4.84. The fourth-order valence-corrected chi connectivity index (χ4v) is 2.69. The Morgan fingerprint density at radius 3 is 2.53 bits per heavy atom. The van der Waals surface area contributed by atoms with E-state index >= 15 is 0 Å². The van der Waals surface area contributed by atoms with E-state index in [1.165, 1.54) is 11.3 Å².